The third-order valence-corrected chi connectivity index (χ3v) is 14.1. The zero-order valence-electron chi connectivity index (χ0n) is 36.9. The van der Waals surface area contributed by atoms with Crippen molar-refractivity contribution < 1.29 is 0 Å². The highest BCUT2D eigenvalue weighted by molar-refractivity contribution is 6.16. The molecule has 66 heavy (non-hydrogen) atoms. The van der Waals surface area contributed by atoms with Crippen molar-refractivity contribution in [1.82, 2.24) is 9.13 Å². The second kappa shape index (κ2) is 14.8. The molecule has 1 aliphatic rings. The Morgan fingerprint density at radius 1 is 0.348 bits per heavy atom. The van der Waals surface area contributed by atoms with Crippen molar-refractivity contribution in [2.24, 2.45) is 0 Å². The van der Waals surface area contributed by atoms with Crippen molar-refractivity contribution in [3.05, 3.63) is 248 Å². The minimum Gasteiger partial charge on any atom is -0.310 e. The lowest BCUT2D eigenvalue weighted by Gasteiger charge is -2.29. The van der Waals surface area contributed by atoms with Crippen molar-refractivity contribution in [3.63, 3.8) is 0 Å². The molecule has 0 aliphatic heterocycles. The Morgan fingerprint density at radius 2 is 0.833 bits per heavy atom. The molecule has 0 spiro atoms. The molecule has 1 aliphatic carbocycles. The lowest BCUT2D eigenvalue weighted by atomic mass is 9.82. The van der Waals surface area contributed by atoms with Gasteiger partial charge in [-0.05, 0) is 106 Å². The van der Waals surface area contributed by atoms with E-state index in [2.05, 4.69) is 264 Å². The van der Waals surface area contributed by atoms with Crippen LogP contribution in [0.25, 0.3) is 88.4 Å². The monoisotopic (exact) mass is 843 g/mol. The molecule has 0 saturated heterocycles. The fourth-order valence-corrected chi connectivity index (χ4v) is 11.1. The van der Waals surface area contributed by atoms with Crippen molar-refractivity contribution in [3.8, 4) is 44.8 Å². The molecule has 3 heteroatoms. The summed E-state index contributed by atoms with van der Waals surface area (Å²) in [5.74, 6) is 0. The first-order chi connectivity index (χ1) is 32.5. The first-order valence-electron chi connectivity index (χ1n) is 22.9. The fraction of sp³-hybridized carbons (Fsp3) is 0.0476. The van der Waals surface area contributed by atoms with Crippen LogP contribution in [0.4, 0.5) is 17.1 Å². The van der Waals surface area contributed by atoms with E-state index in [1.165, 1.54) is 93.8 Å². The number of hydrogen-bond acceptors (Lipinski definition) is 1. The lowest BCUT2D eigenvalue weighted by molar-refractivity contribution is 0.660. The Morgan fingerprint density at radius 3 is 1.55 bits per heavy atom. The van der Waals surface area contributed by atoms with Crippen molar-refractivity contribution in [1.29, 1.82) is 0 Å². The first-order valence-corrected chi connectivity index (χ1v) is 22.9. The van der Waals surface area contributed by atoms with Crippen LogP contribution in [0.3, 0.4) is 0 Å². The number of para-hydroxylation sites is 5. The van der Waals surface area contributed by atoms with Gasteiger partial charge in [0.2, 0.25) is 0 Å². The summed E-state index contributed by atoms with van der Waals surface area (Å²) < 4.78 is 4.82. The summed E-state index contributed by atoms with van der Waals surface area (Å²) in [6, 6.07) is 86.8. The summed E-state index contributed by atoms with van der Waals surface area (Å²) in [4.78, 5) is 2.47. The van der Waals surface area contributed by atoms with Crippen LogP contribution in [0.15, 0.2) is 237 Å². The molecule has 12 aromatic rings. The molecule has 0 amide bonds. The van der Waals surface area contributed by atoms with Crippen LogP contribution >= 0.6 is 0 Å². The van der Waals surface area contributed by atoms with Gasteiger partial charge in [0.05, 0.1) is 27.8 Å². The maximum atomic E-state index is 2.47. The van der Waals surface area contributed by atoms with E-state index in [1.807, 2.05) is 0 Å². The molecule has 10 aromatic carbocycles. The summed E-state index contributed by atoms with van der Waals surface area (Å²) in [5, 5.41) is 5.01. The SMILES string of the molecule is CC1(C)c2ccccc2-c2c(N(c3ccc(-c4cccc5c4c4ccccc4n5-c4ccccc4)cc3)c3ccc(-c4cccc5c6ccccc6n(-c6ccccc6)c45)cc3)cccc21. The zero-order chi connectivity index (χ0) is 43.9. The van der Waals surface area contributed by atoms with Gasteiger partial charge in [0, 0.05) is 60.8 Å². The molecule has 2 aromatic heterocycles. The maximum Gasteiger partial charge on any atom is 0.0619 e. The van der Waals surface area contributed by atoms with Gasteiger partial charge in [-0.1, -0.05) is 178 Å². The number of nitrogens with zero attached hydrogens (tertiary/aromatic N) is 3. The molecule has 0 radical (unpaired) electrons. The molecule has 0 fully saturated rings. The Kier molecular flexibility index (Phi) is 8.56. The first kappa shape index (κ1) is 38.1. The highest BCUT2D eigenvalue weighted by Gasteiger charge is 2.37. The number of rotatable bonds is 7. The van der Waals surface area contributed by atoms with E-state index in [-0.39, 0.29) is 5.41 Å². The van der Waals surface area contributed by atoms with Crippen LogP contribution in [0.5, 0.6) is 0 Å². The lowest BCUT2D eigenvalue weighted by Crippen LogP contribution is -2.16. The predicted octanol–water partition coefficient (Wildman–Crippen LogP) is 17.0. The summed E-state index contributed by atoms with van der Waals surface area (Å²) in [6.45, 7) is 4.72. The molecule has 3 nitrogen and oxygen atoms in total. The van der Waals surface area contributed by atoms with Crippen LogP contribution in [0.2, 0.25) is 0 Å². The van der Waals surface area contributed by atoms with Gasteiger partial charge in [-0.25, -0.2) is 0 Å². The molecule has 2 heterocycles. The summed E-state index contributed by atoms with van der Waals surface area (Å²) in [6.07, 6.45) is 0. The van der Waals surface area contributed by atoms with Gasteiger partial charge < -0.3 is 14.0 Å². The van der Waals surface area contributed by atoms with Crippen LogP contribution in [0, 0.1) is 0 Å². The minimum absolute atomic E-state index is 0.130. The van der Waals surface area contributed by atoms with Crippen molar-refractivity contribution in [2.45, 2.75) is 19.3 Å². The second-order valence-electron chi connectivity index (χ2n) is 18.1. The highest BCUT2D eigenvalue weighted by atomic mass is 15.1. The van der Waals surface area contributed by atoms with E-state index < -0.39 is 0 Å². The van der Waals surface area contributed by atoms with Crippen molar-refractivity contribution in [2.75, 3.05) is 4.90 Å². The van der Waals surface area contributed by atoms with Crippen LogP contribution in [0.1, 0.15) is 25.0 Å². The smallest absolute Gasteiger partial charge is 0.0619 e. The summed E-state index contributed by atoms with van der Waals surface area (Å²) in [5.41, 5.74) is 20.5. The van der Waals surface area contributed by atoms with E-state index in [9.17, 15) is 0 Å². The number of hydrogen-bond donors (Lipinski definition) is 0. The summed E-state index contributed by atoms with van der Waals surface area (Å²) in [7, 11) is 0. The van der Waals surface area contributed by atoms with E-state index in [0.29, 0.717) is 0 Å². The van der Waals surface area contributed by atoms with E-state index >= 15 is 0 Å². The second-order valence-corrected chi connectivity index (χ2v) is 18.1. The van der Waals surface area contributed by atoms with Gasteiger partial charge in [-0.15, -0.1) is 0 Å². The van der Waals surface area contributed by atoms with Gasteiger partial charge >= 0.3 is 0 Å². The quantitative estimate of drug-likeness (QED) is 0.156. The molecule has 13 rings (SSSR count). The van der Waals surface area contributed by atoms with Crippen LogP contribution < -0.4 is 4.90 Å². The maximum absolute atomic E-state index is 2.47. The third kappa shape index (κ3) is 5.70. The summed E-state index contributed by atoms with van der Waals surface area (Å²) >= 11 is 0. The van der Waals surface area contributed by atoms with E-state index in [4.69, 9.17) is 0 Å². The van der Waals surface area contributed by atoms with Gasteiger partial charge in [0.15, 0.2) is 0 Å². The molecule has 0 atom stereocenters. The van der Waals surface area contributed by atoms with Crippen LogP contribution in [-0.2, 0) is 5.41 Å². The Labute approximate surface area is 384 Å². The number of aromatic nitrogens is 2. The number of anilines is 3. The van der Waals surface area contributed by atoms with Gasteiger partial charge in [-0.3, -0.25) is 0 Å². The normalized spacial score (nSPS) is 12.8. The number of benzene rings is 10. The Balaban J connectivity index is 0.979. The average molecular weight is 844 g/mol. The van der Waals surface area contributed by atoms with Gasteiger partial charge in [-0.2, -0.15) is 0 Å². The molecular formula is C63H45N3. The van der Waals surface area contributed by atoms with Crippen molar-refractivity contribution >= 4 is 60.7 Å². The van der Waals surface area contributed by atoms with Gasteiger partial charge in [0.25, 0.3) is 0 Å². The number of fused-ring (bicyclic) bond motifs is 9. The predicted molar refractivity (Wildman–Crippen MR) is 278 cm³/mol. The van der Waals surface area contributed by atoms with Gasteiger partial charge in [0.1, 0.15) is 0 Å². The molecule has 0 saturated carbocycles. The van der Waals surface area contributed by atoms with Crippen LogP contribution in [-0.4, -0.2) is 9.13 Å². The topological polar surface area (TPSA) is 13.1 Å². The third-order valence-electron chi connectivity index (χ3n) is 14.1. The molecule has 0 unspecified atom stereocenters. The van der Waals surface area contributed by atoms with E-state index in [0.717, 1.165) is 22.7 Å². The average Bonchev–Trinajstić information content (AvgIpc) is 3.99. The molecule has 0 N–H and O–H groups in total. The Bertz CT molecular complexity index is 3820. The molecular weight excluding hydrogens is 799 g/mol. The molecule has 0 bridgehead atoms. The minimum atomic E-state index is -0.130. The van der Waals surface area contributed by atoms with E-state index in [1.54, 1.807) is 0 Å². The fourth-order valence-electron chi connectivity index (χ4n) is 11.1. The highest BCUT2D eigenvalue weighted by Crippen LogP contribution is 2.54. The largest absolute Gasteiger partial charge is 0.310 e. The zero-order valence-corrected chi connectivity index (χ0v) is 36.9. The Hall–Kier alpha value is -8.40. The molecule has 312 valence electrons. The standard InChI is InChI=1S/C63H45N3/c1-63(2)54-28-12-9-23-52(54)61-55(63)29-17-33-59(61)64(46-38-34-42(35-39-46)48-25-16-32-58-60(48)53-24-11-14-31-57(53)65(58)44-18-5-3-6-19-44)47-40-36-43(37-41-47)49-26-15-27-51-50-22-10-13-30-56(50)66(62(49)51)45-20-7-4-8-21-45/h3-41H,1-2H3.